The highest BCUT2D eigenvalue weighted by molar-refractivity contribution is 5.14. The number of nitrogens with one attached hydrogen (secondary N) is 1. The Morgan fingerprint density at radius 2 is 1.89 bits per heavy atom. The first kappa shape index (κ1) is 15.2. The third kappa shape index (κ3) is 6.18. The van der Waals surface area contributed by atoms with E-state index in [1.165, 1.54) is 24.8 Å². The molecule has 0 radical (unpaired) electrons. The van der Waals surface area contributed by atoms with Crippen molar-refractivity contribution in [2.24, 2.45) is 5.92 Å². The van der Waals surface area contributed by atoms with Gasteiger partial charge in [0.1, 0.15) is 0 Å². The van der Waals surface area contributed by atoms with Crippen LogP contribution >= 0.6 is 0 Å². The second-order valence-electron chi connectivity index (χ2n) is 5.09. The zero-order valence-corrected chi connectivity index (χ0v) is 12.0. The number of aryl methyl sites for hydroxylation is 1. The van der Waals surface area contributed by atoms with E-state index in [9.17, 15) is 0 Å². The van der Waals surface area contributed by atoms with Crippen LogP contribution in [0.15, 0.2) is 30.3 Å². The van der Waals surface area contributed by atoms with Crippen LogP contribution in [0, 0.1) is 5.92 Å². The summed E-state index contributed by atoms with van der Waals surface area (Å²) in [5.41, 5.74) is 1.45. The molecule has 2 nitrogen and oxygen atoms in total. The lowest BCUT2D eigenvalue weighted by molar-refractivity contribution is 0.192. The molecule has 0 fully saturated rings. The molecule has 0 saturated carbocycles. The largest absolute Gasteiger partial charge is 0.383 e. The molecule has 0 aliphatic carbocycles. The molecule has 0 saturated heterocycles. The summed E-state index contributed by atoms with van der Waals surface area (Å²) in [5, 5.41) is 3.51. The van der Waals surface area contributed by atoms with E-state index in [1.54, 1.807) is 7.11 Å². The van der Waals surface area contributed by atoms with Crippen LogP contribution in [0.4, 0.5) is 0 Å². The molecule has 0 aromatic heterocycles. The van der Waals surface area contributed by atoms with E-state index < -0.39 is 0 Å². The topological polar surface area (TPSA) is 21.3 Å². The normalized spacial score (nSPS) is 14.4. The number of benzene rings is 1. The Kier molecular flexibility index (Phi) is 7.70. The summed E-state index contributed by atoms with van der Waals surface area (Å²) in [4.78, 5) is 0. The van der Waals surface area contributed by atoms with Crippen molar-refractivity contribution in [2.45, 2.75) is 39.2 Å². The Bertz CT molecular complexity index is 299. The minimum Gasteiger partial charge on any atom is -0.383 e. The first-order chi connectivity index (χ1) is 8.74. The lowest BCUT2D eigenvalue weighted by Gasteiger charge is -2.21. The fourth-order valence-corrected chi connectivity index (χ4v) is 2.11. The minimum atomic E-state index is 0.566. The number of hydrogen-bond donors (Lipinski definition) is 1. The van der Waals surface area contributed by atoms with Crippen molar-refractivity contribution < 1.29 is 4.74 Å². The summed E-state index contributed by atoms with van der Waals surface area (Å²) in [6.45, 7) is 6.33. The maximum atomic E-state index is 5.05. The van der Waals surface area contributed by atoms with Crippen LogP contribution < -0.4 is 5.32 Å². The van der Waals surface area contributed by atoms with Crippen molar-refractivity contribution in [3.8, 4) is 0 Å². The highest BCUT2D eigenvalue weighted by Gasteiger charge is 2.10. The summed E-state index contributed by atoms with van der Waals surface area (Å²) in [7, 11) is 1.75. The van der Waals surface area contributed by atoms with Gasteiger partial charge in [-0.1, -0.05) is 37.3 Å². The number of hydrogen-bond acceptors (Lipinski definition) is 2. The molecule has 0 aliphatic heterocycles. The minimum absolute atomic E-state index is 0.566. The smallest absolute Gasteiger partial charge is 0.0587 e. The van der Waals surface area contributed by atoms with Gasteiger partial charge in [-0.2, -0.15) is 0 Å². The van der Waals surface area contributed by atoms with E-state index in [4.69, 9.17) is 4.74 Å². The van der Waals surface area contributed by atoms with Gasteiger partial charge in [-0.25, -0.2) is 0 Å². The second-order valence-corrected chi connectivity index (χ2v) is 5.09. The van der Waals surface area contributed by atoms with Crippen molar-refractivity contribution in [1.29, 1.82) is 0 Å². The molecule has 0 aliphatic rings. The fourth-order valence-electron chi connectivity index (χ4n) is 2.11. The van der Waals surface area contributed by atoms with Gasteiger partial charge in [0, 0.05) is 19.7 Å². The average Bonchev–Trinajstić information content (AvgIpc) is 2.40. The molecule has 1 rings (SSSR count). The molecule has 0 spiro atoms. The summed E-state index contributed by atoms with van der Waals surface area (Å²) in [6, 6.07) is 11.3. The molecule has 2 unspecified atom stereocenters. The van der Waals surface area contributed by atoms with Gasteiger partial charge in [0.15, 0.2) is 0 Å². The molecule has 102 valence electrons. The number of ether oxygens (including phenoxy) is 1. The molecule has 2 heteroatoms. The zero-order chi connectivity index (χ0) is 13.2. The maximum Gasteiger partial charge on any atom is 0.0587 e. The van der Waals surface area contributed by atoms with Crippen LogP contribution in [0.5, 0.6) is 0 Å². The van der Waals surface area contributed by atoms with E-state index in [0.717, 1.165) is 13.2 Å². The van der Waals surface area contributed by atoms with Crippen LogP contribution in [-0.4, -0.2) is 26.3 Å². The third-order valence-corrected chi connectivity index (χ3v) is 3.59. The SMILES string of the molecule is COCCNC(C)C(C)CCCc1ccccc1. The Morgan fingerprint density at radius 1 is 1.17 bits per heavy atom. The van der Waals surface area contributed by atoms with Gasteiger partial charge in [0.25, 0.3) is 0 Å². The quantitative estimate of drug-likeness (QED) is 0.678. The van der Waals surface area contributed by atoms with Gasteiger partial charge in [-0.15, -0.1) is 0 Å². The molecular weight excluding hydrogens is 222 g/mol. The molecular formula is C16H27NO. The van der Waals surface area contributed by atoms with Crippen LogP contribution in [0.2, 0.25) is 0 Å². The summed E-state index contributed by atoms with van der Waals surface area (Å²) < 4.78 is 5.05. The Labute approximate surface area is 112 Å². The monoisotopic (exact) mass is 249 g/mol. The van der Waals surface area contributed by atoms with Crippen LogP contribution in [0.3, 0.4) is 0 Å². The molecule has 0 bridgehead atoms. The highest BCUT2D eigenvalue weighted by atomic mass is 16.5. The number of methoxy groups -OCH3 is 1. The Hall–Kier alpha value is -0.860. The van der Waals surface area contributed by atoms with Crippen molar-refractivity contribution in [1.82, 2.24) is 5.32 Å². The molecule has 1 aromatic carbocycles. The second kappa shape index (κ2) is 9.12. The molecule has 1 aromatic rings. The maximum absolute atomic E-state index is 5.05. The molecule has 2 atom stereocenters. The van der Waals surface area contributed by atoms with Crippen molar-refractivity contribution in [2.75, 3.05) is 20.3 Å². The highest BCUT2D eigenvalue weighted by Crippen LogP contribution is 2.13. The van der Waals surface area contributed by atoms with Gasteiger partial charge in [0.05, 0.1) is 6.61 Å². The summed E-state index contributed by atoms with van der Waals surface area (Å²) in [5.74, 6) is 0.713. The van der Waals surface area contributed by atoms with Crippen molar-refractivity contribution in [3.05, 3.63) is 35.9 Å². The van der Waals surface area contributed by atoms with Gasteiger partial charge in [-0.3, -0.25) is 0 Å². The Morgan fingerprint density at radius 3 is 2.56 bits per heavy atom. The fraction of sp³-hybridized carbons (Fsp3) is 0.625. The van der Waals surface area contributed by atoms with E-state index >= 15 is 0 Å². The van der Waals surface area contributed by atoms with Gasteiger partial charge >= 0.3 is 0 Å². The standard InChI is InChI=1S/C16H27NO/c1-14(15(2)17-12-13-18-3)8-7-11-16-9-5-4-6-10-16/h4-6,9-10,14-15,17H,7-8,11-13H2,1-3H3. The third-order valence-electron chi connectivity index (χ3n) is 3.59. The lowest BCUT2D eigenvalue weighted by Crippen LogP contribution is -2.34. The molecule has 0 heterocycles. The first-order valence-electron chi connectivity index (χ1n) is 7.00. The predicted molar refractivity (Wildman–Crippen MR) is 77.9 cm³/mol. The first-order valence-corrected chi connectivity index (χ1v) is 7.00. The van der Waals surface area contributed by atoms with E-state index in [1.807, 2.05) is 0 Å². The number of rotatable bonds is 9. The van der Waals surface area contributed by atoms with Crippen LogP contribution in [-0.2, 0) is 11.2 Å². The van der Waals surface area contributed by atoms with Crippen LogP contribution in [0.1, 0.15) is 32.3 Å². The van der Waals surface area contributed by atoms with E-state index in [2.05, 4.69) is 49.5 Å². The van der Waals surface area contributed by atoms with Gasteiger partial charge in [0.2, 0.25) is 0 Å². The van der Waals surface area contributed by atoms with Gasteiger partial charge in [-0.05, 0) is 37.7 Å². The van der Waals surface area contributed by atoms with Crippen LogP contribution in [0.25, 0.3) is 0 Å². The zero-order valence-electron chi connectivity index (χ0n) is 12.0. The Balaban J connectivity index is 2.14. The van der Waals surface area contributed by atoms with E-state index in [0.29, 0.717) is 12.0 Å². The van der Waals surface area contributed by atoms with Gasteiger partial charge < -0.3 is 10.1 Å². The molecule has 18 heavy (non-hydrogen) atoms. The van der Waals surface area contributed by atoms with E-state index in [-0.39, 0.29) is 0 Å². The predicted octanol–water partition coefficient (Wildman–Crippen LogP) is 3.27. The molecule has 1 N–H and O–H groups in total. The van der Waals surface area contributed by atoms with Crippen molar-refractivity contribution >= 4 is 0 Å². The summed E-state index contributed by atoms with van der Waals surface area (Å²) >= 11 is 0. The molecule has 0 amide bonds. The lowest BCUT2D eigenvalue weighted by atomic mass is 9.95. The average molecular weight is 249 g/mol. The summed E-state index contributed by atoms with van der Waals surface area (Å²) in [6.07, 6.45) is 3.73. The van der Waals surface area contributed by atoms with Crippen molar-refractivity contribution in [3.63, 3.8) is 0 Å².